The lowest BCUT2D eigenvalue weighted by molar-refractivity contribution is -0.137. The Morgan fingerprint density at radius 3 is 2.50 bits per heavy atom. The van der Waals surface area contributed by atoms with Gasteiger partial charge in [0.1, 0.15) is 12.3 Å². The summed E-state index contributed by atoms with van der Waals surface area (Å²) in [6, 6.07) is 24.2. The summed E-state index contributed by atoms with van der Waals surface area (Å²) in [5.74, 6) is -0.520. The first-order valence-corrected chi connectivity index (χ1v) is 10.8. The molecule has 0 unspecified atom stereocenters. The van der Waals surface area contributed by atoms with Crippen molar-refractivity contribution in [3.63, 3.8) is 0 Å². The SMILES string of the molecule is COc1cccc(NC(=O)c2cccc(Cc3c(C)nn(CC(=O)O)c3-c3ccccc3)c2)c1. The molecule has 0 spiro atoms. The van der Waals surface area contributed by atoms with Crippen LogP contribution in [0.3, 0.4) is 0 Å². The van der Waals surface area contributed by atoms with E-state index in [4.69, 9.17) is 4.74 Å². The number of aromatic nitrogens is 2. The van der Waals surface area contributed by atoms with E-state index in [1.54, 1.807) is 25.3 Å². The normalized spacial score (nSPS) is 10.6. The summed E-state index contributed by atoms with van der Waals surface area (Å²) in [5.41, 5.74) is 5.44. The van der Waals surface area contributed by atoms with Crippen LogP contribution in [0.15, 0.2) is 78.9 Å². The highest BCUT2D eigenvalue weighted by atomic mass is 16.5. The van der Waals surface area contributed by atoms with Gasteiger partial charge in [-0.2, -0.15) is 5.10 Å². The number of methoxy groups -OCH3 is 1. The Balaban J connectivity index is 1.63. The first-order valence-electron chi connectivity index (χ1n) is 10.8. The number of nitrogens with one attached hydrogen (secondary N) is 1. The van der Waals surface area contributed by atoms with Crippen LogP contribution in [0, 0.1) is 6.92 Å². The molecular formula is C27H25N3O4. The number of hydrogen-bond acceptors (Lipinski definition) is 4. The van der Waals surface area contributed by atoms with Gasteiger partial charge in [0, 0.05) is 34.9 Å². The van der Waals surface area contributed by atoms with E-state index in [1.807, 2.05) is 67.6 Å². The quantitative estimate of drug-likeness (QED) is 0.398. The number of nitrogens with zero attached hydrogens (tertiary/aromatic N) is 2. The van der Waals surface area contributed by atoms with Gasteiger partial charge in [0.05, 0.1) is 18.5 Å². The highest BCUT2D eigenvalue weighted by Crippen LogP contribution is 2.29. The molecule has 0 bridgehead atoms. The number of carboxylic acid groups (broad SMARTS) is 1. The Hall–Kier alpha value is -4.39. The van der Waals surface area contributed by atoms with Gasteiger partial charge in [-0.1, -0.05) is 48.5 Å². The van der Waals surface area contributed by atoms with E-state index in [2.05, 4.69) is 10.4 Å². The van der Waals surface area contributed by atoms with E-state index in [0.717, 1.165) is 28.1 Å². The molecule has 1 amide bonds. The monoisotopic (exact) mass is 455 g/mol. The van der Waals surface area contributed by atoms with Crippen LogP contribution >= 0.6 is 0 Å². The molecule has 2 N–H and O–H groups in total. The number of carbonyl (C=O) groups excluding carboxylic acids is 1. The van der Waals surface area contributed by atoms with Gasteiger partial charge in [-0.15, -0.1) is 0 Å². The van der Waals surface area contributed by atoms with E-state index in [-0.39, 0.29) is 12.5 Å². The maximum atomic E-state index is 12.9. The lowest BCUT2D eigenvalue weighted by Crippen LogP contribution is -2.12. The van der Waals surface area contributed by atoms with Gasteiger partial charge < -0.3 is 15.2 Å². The fourth-order valence-electron chi connectivity index (χ4n) is 3.92. The molecule has 4 rings (SSSR count). The van der Waals surface area contributed by atoms with Crippen LogP contribution in [0.4, 0.5) is 5.69 Å². The second-order valence-electron chi connectivity index (χ2n) is 7.89. The Kier molecular flexibility index (Phi) is 6.73. The Morgan fingerprint density at radius 1 is 1.00 bits per heavy atom. The van der Waals surface area contributed by atoms with Crippen molar-refractivity contribution in [1.82, 2.24) is 9.78 Å². The minimum absolute atomic E-state index is 0.225. The molecule has 0 aliphatic rings. The molecule has 7 heteroatoms. The fraction of sp³-hybridized carbons (Fsp3) is 0.148. The number of ether oxygens (including phenoxy) is 1. The highest BCUT2D eigenvalue weighted by molar-refractivity contribution is 6.04. The van der Waals surface area contributed by atoms with Crippen LogP contribution < -0.4 is 10.1 Å². The van der Waals surface area contributed by atoms with Crippen LogP contribution in [-0.2, 0) is 17.8 Å². The Labute approximate surface area is 197 Å². The van der Waals surface area contributed by atoms with E-state index >= 15 is 0 Å². The number of carboxylic acids is 1. The first-order chi connectivity index (χ1) is 16.4. The van der Waals surface area contributed by atoms with Crippen LogP contribution in [0.2, 0.25) is 0 Å². The molecule has 0 fully saturated rings. The fourth-order valence-corrected chi connectivity index (χ4v) is 3.92. The second kappa shape index (κ2) is 10.0. The van der Waals surface area contributed by atoms with Crippen molar-refractivity contribution in [2.24, 2.45) is 0 Å². The summed E-state index contributed by atoms with van der Waals surface area (Å²) in [6.45, 7) is 1.65. The van der Waals surface area contributed by atoms with Gasteiger partial charge in [0.2, 0.25) is 0 Å². The van der Waals surface area contributed by atoms with Gasteiger partial charge in [-0.05, 0) is 36.8 Å². The largest absolute Gasteiger partial charge is 0.497 e. The molecule has 7 nitrogen and oxygen atoms in total. The van der Waals surface area contributed by atoms with Gasteiger partial charge >= 0.3 is 5.97 Å². The molecule has 1 heterocycles. The second-order valence-corrected chi connectivity index (χ2v) is 7.89. The van der Waals surface area contributed by atoms with E-state index < -0.39 is 5.97 Å². The molecular weight excluding hydrogens is 430 g/mol. The lowest BCUT2D eigenvalue weighted by atomic mass is 9.98. The van der Waals surface area contributed by atoms with Crippen LogP contribution in [0.1, 0.15) is 27.2 Å². The van der Waals surface area contributed by atoms with Crippen LogP contribution in [0.25, 0.3) is 11.3 Å². The zero-order valence-corrected chi connectivity index (χ0v) is 19.0. The van der Waals surface area contributed by atoms with Crippen molar-refractivity contribution in [3.05, 3.63) is 101 Å². The molecule has 0 aliphatic heterocycles. The average molecular weight is 456 g/mol. The van der Waals surface area contributed by atoms with Crippen molar-refractivity contribution in [2.75, 3.05) is 12.4 Å². The van der Waals surface area contributed by atoms with Crippen molar-refractivity contribution >= 4 is 17.6 Å². The van der Waals surface area contributed by atoms with Gasteiger partial charge in [-0.3, -0.25) is 14.3 Å². The third-order valence-electron chi connectivity index (χ3n) is 5.48. The summed E-state index contributed by atoms with van der Waals surface area (Å²) in [6.07, 6.45) is 0.510. The zero-order valence-electron chi connectivity index (χ0n) is 19.0. The maximum absolute atomic E-state index is 12.9. The molecule has 3 aromatic carbocycles. The number of anilines is 1. The molecule has 172 valence electrons. The number of benzene rings is 3. The standard InChI is InChI=1S/C27H25N3O4/c1-18-24(26(20-9-4-3-5-10-20)30(29-18)17-25(31)32)15-19-8-6-11-21(14-19)27(33)28-22-12-7-13-23(16-22)34-2/h3-14,16H,15,17H2,1-2H3,(H,28,33)(H,31,32). The summed E-state index contributed by atoms with van der Waals surface area (Å²) < 4.78 is 6.75. The van der Waals surface area contributed by atoms with E-state index in [1.165, 1.54) is 4.68 Å². The average Bonchev–Trinajstić information content (AvgIpc) is 3.13. The topological polar surface area (TPSA) is 93.5 Å². The number of carbonyl (C=O) groups is 2. The Morgan fingerprint density at radius 2 is 1.76 bits per heavy atom. The Bertz CT molecular complexity index is 1330. The molecule has 1 aromatic heterocycles. The molecule has 0 saturated carbocycles. The molecule has 4 aromatic rings. The lowest BCUT2D eigenvalue weighted by Gasteiger charge is -2.11. The van der Waals surface area contributed by atoms with Crippen LogP contribution in [0.5, 0.6) is 5.75 Å². The van der Waals surface area contributed by atoms with Gasteiger partial charge in [0.25, 0.3) is 5.91 Å². The van der Waals surface area contributed by atoms with Crippen molar-refractivity contribution in [3.8, 4) is 17.0 Å². The van der Waals surface area contributed by atoms with E-state index in [0.29, 0.717) is 23.4 Å². The van der Waals surface area contributed by atoms with Crippen molar-refractivity contribution in [2.45, 2.75) is 19.9 Å². The number of rotatable bonds is 8. The van der Waals surface area contributed by atoms with Crippen molar-refractivity contribution in [1.29, 1.82) is 0 Å². The van der Waals surface area contributed by atoms with Crippen LogP contribution in [-0.4, -0.2) is 33.9 Å². The van der Waals surface area contributed by atoms with Gasteiger partial charge in [0.15, 0.2) is 0 Å². The number of amides is 1. The number of aryl methyl sites for hydroxylation is 1. The van der Waals surface area contributed by atoms with E-state index in [9.17, 15) is 14.7 Å². The molecule has 0 saturated heterocycles. The highest BCUT2D eigenvalue weighted by Gasteiger charge is 2.19. The molecule has 0 aliphatic carbocycles. The zero-order chi connectivity index (χ0) is 24.1. The first kappa shape index (κ1) is 22.8. The van der Waals surface area contributed by atoms with Gasteiger partial charge in [-0.25, -0.2) is 0 Å². The molecule has 34 heavy (non-hydrogen) atoms. The summed E-state index contributed by atoms with van der Waals surface area (Å²) in [5, 5.41) is 16.8. The number of hydrogen-bond donors (Lipinski definition) is 2. The predicted octanol–water partition coefficient (Wildman–Crippen LogP) is 4.79. The summed E-state index contributed by atoms with van der Waals surface area (Å²) >= 11 is 0. The molecule has 0 radical (unpaired) electrons. The molecule has 0 atom stereocenters. The third kappa shape index (κ3) is 5.15. The summed E-state index contributed by atoms with van der Waals surface area (Å²) in [7, 11) is 1.58. The summed E-state index contributed by atoms with van der Waals surface area (Å²) in [4.78, 5) is 24.3. The third-order valence-corrected chi connectivity index (χ3v) is 5.48. The predicted molar refractivity (Wildman–Crippen MR) is 130 cm³/mol. The minimum Gasteiger partial charge on any atom is -0.497 e. The minimum atomic E-state index is -0.956. The maximum Gasteiger partial charge on any atom is 0.325 e. The number of aliphatic carboxylic acids is 1. The van der Waals surface area contributed by atoms with Crippen molar-refractivity contribution < 1.29 is 19.4 Å². The smallest absolute Gasteiger partial charge is 0.325 e.